The molecule has 0 spiro atoms. The van der Waals surface area contributed by atoms with Crippen LogP contribution in [0.15, 0.2) is 23.9 Å². The van der Waals surface area contributed by atoms with Crippen LogP contribution in [-0.2, 0) is 9.59 Å². The van der Waals surface area contributed by atoms with E-state index >= 15 is 0 Å². The molecule has 0 aliphatic carbocycles. The van der Waals surface area contributed by atoms with Crippen LogP contribution in [0.25, 0.3) is 5.57 Å². The second-order valence-corrected chi connectivity index (χ2v) is 7.72. The fourth-order valence-corrected chi connectivity index (χ4v) is 3.77. The molecule has 2 amide bonds. The number of benzene rings is 1. The van der Waals surface area contributed by atoms with Gasteiger partial charge in [-0.05, 0) is 31.4 Å². The highest BCUT2D eigenvalue weighted by Gasteiger charge is 2.40. The normalized spacial score (nSPS) is 14.4. The Bertz CT molecular complexity index is 739. The molecule has 0 saturated heterocycles. The largest absolute Gasteiger partial charge is 0.395 e. The maximum atomic E-state index is 13.2. The van der Waals surface area contributed by atoms with Gasteiger partial charge in [0.15, 0.2) is 0 Å². The van der Waals surface area contributed by atoms with E-state index in [0.717, 1.165) is 36.0 Å². The highest BCUT2D eigenvalue weighted by atomic mass is 16.3. The third kappa shape index (κ3) is 5.02. The quantitative estimate of drug-likeness (QED) is 0.466. The minimum atomic E-state index is -0.246. The van der Waals surface area contributed by atoms with Crippen LogP contribution in [0.5, 0.6) is 0 Å². The van der Waals surface area contributed by atoms with E-state index < -0.39 is 0 Å². The molecule has 1 aromatic rings. The van der Waals surface area contributed by atoms with Gasteiger partial charge in [-0.3, -0.25) is 14.5 Å². The summed E-state index contributed by atoms with van der Waals surface area (Å²) < 4.78 is 0. The van der Waals surface area contributed by atoms with Gasteiger partial charge in [-0.2, -0.15) is 0 Å². The first-order chi connectivity index (χ1) is 13.4. The highest BCUT2D eigenvalue weighted by Crippen LogP contribution is 2.33. The molecule has 0 fully saturated rings. The van der Waals surface area contributed by atoms with Crippen molar-refractivity contribution in [2.24, 2.45) is 0 Å². The number of hydrogen-bond donors (Lipinski definition) is 1. The van der Waals surface area contributed by atoms with Crippen molar-refractivity contribution in [1.29, 1.82) is 0 Å². The van der Waals surface area contributed by atoms with E-state index in [4.69, 9.17) is 0 Å². The lowest BCUT2D eigenvalue weighted by atomic mass is 9.97. The molecule has 0 aromatic heterocycles. The average Bonchev–Trinajstić information content (AvgIpc) is 2.89. The van der Waals surface area contributed by atoms with Gasteiger partial charge in [0.2, 0.25) is 0 Å². The van der Waals surface area contributed by atoms with Crippen LogP contribution in [0.2, 0.25) is 0 Å². The van der Waals surface area contributed by atoms with Gasteiger partial charge in [-0.25, -0.2) is 0 Å². The fraction of sp³-hybridized carbons (Fsp3) is 0.565. The van der Waals surface area contributed by atoms with E-state index in [1.807, 2.05) is 32.0 Å². The minimum absolute atomic E-state index is 0.0704. The van der Waals surface area contributed by atoms with Crippen LogP contribution in [0.3, 0.4) is 0 Å². The first-order valence-corrected chi connectivity index (χ1v) is 10.4. The summed E-state index contributed by atoms with van der Waals surface area (Å²) in [6.07, 6.45) is 6.63. The molecule has 0 radical (unpaired) electrons. The monoisotopic (exact) mass is 386 g/mol. The van der Waals surface area contributed by atoms with Crippen molar-refractivity contribution >= 4 is 17.4 Å². The molecule has 5 heteroatoms. The number of aryl methyl sites for hydroxylation is 2. The molecular formula is C23H34N2O3. The van der Waals surface area contributed by atoms with Crippen molar-refractivity contribution in [3.8, 4) is 0 Å². The van der Waals surface area contributed by atoms with Crippen LogP contribution in [-0.4, -0.2) is 53.5 Å². The first-order valence-electron chi connectivity index (χ1n) is 10.4. The number of carbonyl (C=O) groups is 2. The summed E-state index contributed by atoms with van der Waals surface area (Å²) in [5.41, 5.74) is 3.76. The molecule has 28 heavy (non-hydrogen) atoms. The Labute approximate surface area is 169 Å². The van der Waals surface area contributed by atoms with E-state index in [9.17, 15) is 14.7 Å². The molecule has 5 nitrogen and oxygen atoms in total. The Kier molecular flexibility index (Phi) is 8.24. The average molecular weight is 387 g/mol. The summed E-state index contributed by atoms with van der Waals surface area (Å²) in [4.78, 5) is 29.4. The van der Waals surface area contributed by atoms with Crippen LogP contribution >= 0.6 is 0 Å². The van der Waals surface area contributed by atoms with Gasteiger partial charge in [0, 0.05) is 20.1 Å². The van der Waals surface area contributed by atoms with Gasteiger partial charge in [-0.15, -0.1) is 0 Å². The Hall–Kier alpha value is -2.14. The molecule has 2 rings (SSSR count). The lowest BCUT2D eigenvalue weighted by Gasteiger charge is -2.20. The third-order valence-electron chi connectivity index (χ3n) is 5.35. The van der Waals surface area contributed by atoms with Crippen LogP contribution in [0.4, 0.5) is 0 Å². The number of hydrogen-bond acceptors (Lipinski definition) is 4. The van der Waals surface area contributed by atoms with Gasteiger partial charge < -0.3 is 10.0 Å². The number of likely N-dealkylation sites (N-methyl/N-ethyl adjacent to an activating group) is 1. The van der Waals surface area contributed by atoms with E-state index in [1.165, 1.54) is 24.2 Å². The predicted molar refractivity (Wildman–Crippen MR) is 113 cm³/mol. The zero-order valence-electron chi connectivity index (χ0n) is 17.8. The predicted octanol–water partition coefficient (Wildman–Crippen LogP) is 3.67. The van der Waals surface area contributed by atoms with Crippen LogP contribution in [0, 0.1) is 13.8 Å². The molecule has 1 N–H and O–H groups in total. The number of aliphatic hydroxyl groups is 1. The zero-order chi connectivity index (χ0) is 20.7. The number of amides is 2. The van der Waals surface area contributed by atoms with Crippen molar-refractivity contribution in [3.05, 3.63) is 40.6 Å². The first kappa shape index (κ1) is 22.2. The van der Waals surface area contributed by atoms with Crippen LogP contribution in [0.1, 0.15) is 62.1 Å². The lowest BCUT2D eigenvalue weighted by Crippen LogP contribution is -2.35. The number of aliphatic hydroxyl groups excluding tert-OH is 1. The van der Waals surface area contributed by atoms with E-state index in [2.05, 4.69) is 6.92 Å². The number of imide groups is 1. The molecule has 0 bridgehead atoms. The maximum absolute atomic E-state index is 13.2. The van der Waals surface area contributed by atoms with Crippen molar-refractivity contribution < 1.29 is 14.7 Å². The van der Waals surface area contributed by atoms with Crippen LogP contribution < -0.4 is 0 Å². The molecule has 1 aromatic carbocycles. The summed E-state index contributed by atoms with van der Waals surface area (Å²) in [5, 5.41) is 9.33. The molecule has 0 atom stereocenters. The summed E-state index contributed by atoms with van der Waals surface area (Å²) in [5.74, 6) is -0.463. The van der Waals surface area contributed by atoms with Gasteiger partial charge in [-0.1, -0.05) is 62.8 Å². The van der Waals surface area contributed by atoms with Crippen molar-refractivity contribution in [3.63, 3.8) is 0 Å². The lowest BCUT2D eigenvalue weighted by molar-refractivity contribution is -0.137. The van der Waals surface area contributed by atoms with E-state index in [-0.39, 0.29) is 18.4 Å². The Balaban J connectivity index is 2.25. The Morgan fingerprint density at radius 1 is 1.00 bits per heavy atom. The molecule has 1 heterocycles. The summed E-state index contributed by atoms with van der Waals surface area (Å²) in [6, 6.07) is 5.92. The fourth-order valence-electron chi connectivity index (χ4n) is 3.77. The number of nitrogens with zero attached hydrogens (tertiary/aromatic N) is 2. The molecule has 154 valence electrons. The maximum Gasteiger partial charge on any atom is 0.277 e. The molecular weight excluding hydrogens is 352 g/mol. The second-order valence-electron chi connectivity index (χ2n) is 7.72. The third-order valence-corrected chi connectivity index (χ3v) is 5.35. The summed E-state index contributed by atoms with van der Waals surface area (Å²) >= 11 is 0. The number of carbonyl (C=O) groups excluding carboxylic acids is 2. The minimum Gasteiger partial charge on any atom is -0.395 e. The SMILES string of the molecule is CCCCCCCCN1C(=O)C(c2ccc(C)cc2C)=C(N(C)CCO)C1=O. The van der Waals surface area contributed by atoms with E-state index in [1.54, 1.807) is 11.9 Å². The molecule has 1 aliphatic heterocycles. The molecule has 1 aliphatic rings. The Morgan fingerprint density at radius 2 is 1.68 bits per heavy atom. The number of rotatable bonds is 11. The zero-order valence-corrected chi connectivity index (χ0v) is 17.8. The van der Waals surface area contributed by atoms with Crippen molar-refractivity contribution in [1.82, 2.24) is 9.80 Å². The highest BCUT2D eigenvalue weighted by molar-refractivity contribution is 6.35. The standard InChI is InChI=1S/C23H34N2O3/c1-5-6-7-8-9-10-13-25-22(27)20(19-12-11-17(2)16-18(19)3)21(23(25)28)24(4)14-15-26/h11-12,16,26H,5-10,13-15H2,1-4H3. The second kappa shape index (κ2) is 10.4. The Morgan fingerprint density at radius 3 is 2.32 bits per heavy atom. The van der Waals surface area contributed by atoms with Crippen molar-refractivity contribution in [2.45, 2.75) is 59.3 Å². The van der Waals surface area contributed by atoms with Crippen molar-refractivity contribution in [2.75, 3.05) is 26.7 Å². The summed E-state index contributed by atoms with van der Waals surface area (Å²) in [7, 11) is 1.76. The van der Waals surface area contributed by atoms with Gasteiger partial charge >= 0.3 is 0 Å². The number of unbranched alkanes of at least 4 members (excludes halogenated alkanes) is 5. The molecule has 0 unspecified atom stereocenters. The van der Waals surface area contributed by atoms with Gasteiger partial charge in [0.25, 0.3) is 11.8 Å². The summed E-state index contributed by atoms with van der Waals surface area (Å²) in [6.45, 7) is 6.86. The van der Waals surface area contributed by atoms with E-state index in [0.29, 0.717) is 24.4 Å². The smallest absolute Gasteiger partial charge is 0.277 e. The van der Waals surface area contributed by atoms with Gasteiger partial charge in [0.05, 0.1) is 12.2 Å². The molecule has 0 saturated carbocycles. The van der Waals surface area contributed by atoms with Gasteiger partial charge in [0.1, 0.15) is 5.70 Å². The topological polar surface area (TPSA) is 60.9 Å².